The number of rotatable bonds is 3. The van der Waals surface area contributed by atoms with Crippen molar-refractivity contribution in [3.63, 3.8) is 0 Å². The summed E-state index contributed by atoms with van der Waals surface area (Å²) >= 11 is 1.31. The maximum atomic E-state index is 12.7. The number of hydrogen-bond acceptors (Lipinski definition) is 3. The molecule has 2 rings (SSSR count). The van der Waals surface area contributed by atoms with Gasteiger partial charge < -0.3 is 0 Å². The van der Waals surface area contributed by atoms with E-state index in [-0.39, 0.29) is 0 Å². The Morgan fingerprint density at radius 3 is 2.58 bits per heavy atom. The van der Waals surface area contributed by atoms with Crippen LogP contribution in [0.25, 0.3) is 5.82 Å². The van der Waals surface area contributed by atoms with Crippen molar-refractivity contribution in [3.8, 4) is 5.82 Å². The van der Waals surface area contributed by atoms with E-state index in [0.717, 1.165) is 17.8 Å². The Balaban J connectivity index is 2.49. The predicted octanol–water partition coefficient (Wildman–Crippen LogP) is 3.71. The molecule has 19 heavy (non-hydrogen) atoms. The van der Waals surface area contributed by atoms with Crippen molar-refractivity contribution in [1.82, 2.24) is 14.8 Å². The maximum absolute atomic E-state index is 12.7. The van der Waals surface area contributed by atoms with Gasteiger partial charge in [-0.1, -0.05) is 6.92 Å². The first-order valence-electron chi connectivity index (χ1n) is 5.63. The highest BCUT2D eigenvalue weighted by Crippen LogP contribution is 2.33. The van der Waals surface area contributed by atoms with E-state index >= 15 is 0 Å². The number of alkyl halides is 3. The number of aromatic nitrogens is 3. The highest BCUT2D eigenvalue weighted by atomic mass is 32.2. The van der Waals surface area contributed by atoms with Gasteiger partial charge in [0.05, 0.1) is 16.7 Å². The second-order valence-corrected chi connectivity index (χ2v) is 5.24. The zero-order valence-electron chi connectivity index (χ0n) is 10.4. The van der Waals surface area contributed by atoms with E-state index in [0.29, 0.717) is 16.5 Å². The van der Waals surface area contributed by atoms with Crippen LogP contribution in [0.1, 0.15) is 18.1 Å². The molecule has 0 amide bonds. The van der Waals surface area contributed by atoms with E-state index in [1.165, 1.54) is 16.4 Å². The zero-order valence-corrected chi connectivity index (χ0v) is 11.2. The van der Waals surface area contributed by atoms with Crippen molar-refractivity contribution in [2.24, 2.45) is 0 Å². The highest BCUT2D eigenvalue weighted by molar-refractivity contribution is 7.99. The van der Waals surface area contributed by atoms with Crippen molar-refractivity contribution in [2.75, 3.05) is 5.75 Å². The summed E-state index contributed by atoms with van der Waals surface area (Å²) in [6.07, 6.45) is -0.171. The molecule has 0 aliphatic rings. The molecule has 0 saturated heterocycles. The average Bonchev–Trinajstić information content (AvgIpc) is 2.75. The van der Waals surface area contributed by atoms with Crippen LogP contribution in [-0.2, 0) is 6.18 Å². The molecule has 0 bridgehead atoms. The van der Waals surface area contributed by atoms with Crippen LogP contribution in [0.3, 0.4) is 0 Å². The van der Waals surface area contributed by atoms with Gasteiger partial charge in [-0.3, -0.25) is 0 Å². The van der Waals surface area contributed by atoms with Crippen molar-refractivity contribution in [2.45, 2.75) is 24.9 Å². The molecule has 0 radical (unpaired) electrons. The van der Waals surface area contributed by atoms with Gasteiger partial charge in [-0.15, -0.1) is 11.8 Å². The molecule has 2 heterocycles. The van der Waals surface area contributed by atoms with Crippen LogP contribution in [0.5, 0.6) is 0 Å². The summed E-state index contributed by atoms with van der Waals surface area (Å²) in [5.74, 6) is 1.09. The molecular formula is C12H12F3N3S. The van der Waals surface area contributed by atoms with Crippen molar-refractivity contribution < 1.29 is 13.2 Å². The highest BCUT2D eigenvalue weighted by Gasteiger charge is 2.31. The Labute approximate surface area is 112 Å². The van der Waals surface area contributed by atoms with Gasteiger partial charge in [0.2, 0.25) is 0 Å². The van der Waals surface area contributed by atoms with Crippen LogP contribution in [0, 0.1) is 6.92 Å². The fourth-order valence-electron chi connectivity index (χ4n) is 1.55. The molecule has 2 aromatic heterocycles. The van der Waals surface area contributed by atoms with Crippen LogP contribution in [0.4, 0.5) is 13.2 Å². The zero-order chi connectivity index (χ0) is 14.0. The van der Waals surface area contributed by atoms with Crippen LogP contribution in [0.2, 0.25) is 0 Å². The largest absolute Gasteiger partial charge is 0.417 e. The molecule has 3 nitrogen and oxygen atoms in total. The van der Waals surface area contributed by atoms with E-state index in [9.17, 15) is 13.2 Å². The lowest BCUT2D eigenvalue weighted by Crippen LogP contribution is -2.08. The summed E-state index contributed by atoms with van der Waals surface area (Å²) in [5, 5.41) is 4.08. The molecule has 2 aromatic rings. The third-order valence-corrected chi connectivity index (χ3v) is 3.29. The van der Waals surface area contributed by atoms with Crippen molar-refractivity contribution >= 4 is 11.8 Å². The molecular weight excluding hydrogens is 275 g/mol. The lowest BCUT2D eigenvalue weighted by molar-refractivity contribution is -0.138. The third kappa shape index (κ3) is 3.09. The quantitative estimate of drug-likeness (QED) is 0.806. The van der Waals surface area contributed by atoms with Gasteiger partial charge in [-0.05, 0) is 24.3 Å². The van der Waals surface area contributed by atoms with E-state index in [2.05, 4.69) is 10.1 Å². The first kappa shape index (κ1) is 13.9. The Morgan fingerprint density at radius 1 is 1.32 bits per heavy atom. The summed E-state index contributed by atoms with van der Waals surface area (Å²) in [6, 6.07) is 1.12. The normalized spacial score (nSPS) is 11.8. The summed E-state index contributed by atoms with van der Waals surface area (Å²) in [5.41, 5.74) is 0.185. The summed E-state index contributed by atoms with van der Waals surface area (Å²) in [6.45, 7) is 3.74. The molecule has 0 spiro atoms. The van der Waals surface area contributed by atoms with Gasteiger partial charge in [0.25, 0.3) is 0 Å². The van der Waals surface area contributed by atoms with E-state index in [1.807, 2.05) is 13.8 Å². The fraction of sp³-hybridized carbons (Fsp3) is 0.333. The maximum Gasteiger partial charge on any atom is 0.417 e. The topological polar surface area (TPSA) is 30.7 Å². The monoisotopic (exact) mass is 287 g/mol. The van der Waals surface area contributed by atoms with Gasteiger partial charge in [-0.25, -0.2) is 9.67 Å². The summed E-state index contributed by atoms with van der Waals surface area (Å²) in [7, 11) is 0. The minimum absolute atomic E-state index is 0.424. The molecule has 102 valence electrons. The standard InChI is InChI=1S/C12H12F3N3S/c1-3-19-10-4-9(12(13,14)15)6-16-11(10)18-7-8(2)5-17-18/h4-7H,3H2,1-2H3. The number of thioether (sulfide) groups is 1. The minimum Gasteiger partial charge on any atom is -0.236 e. The van der Waals surface area contributed by atoms with E-state index in [4.69, 9.17) is 0 Å². The van der Waals surface area contributed by atoms with Crippen LogP contribution >= 0.6 is 11.8 Å². The summed E-state index contributed by atoms with van der Waals surface area (Å²) in [4.78, 5) is 4.38. The van der Waals surface area contributed by atoms with Gasteiger partial charge in [0.1, 0.15) is 0 Å². The number of halogens is 3. The first-order valence-corrected chi connectivity index (χ1v) is 6.62. The Kier molecular flexibility index (Phi) is 3.84. The number of hydrogen-bond donors (Lipinski definition) is 0. The van der Waals surface area contributed by atoms with Crippen molar-refractivity contribution in [1.29, 1.82) is 0 Å². The van der Waals surface area contributed by atoms with Gasteiger partial charge >= 0.3 is 6.18 Å². The van der Waals surface area contributed by atoms with Gasteiger partial charge in [0.15, 0.2) is 5.82 Å². The predicted molar refractivity (Wildman–Crippen MR) is 67.5 cm³/mol. The number of pyridine rings is 1. The van der Waals surface area contributed by atoms with Crippen LogP contribution in [0.15, 0.2) is 29.6 Å². The fourth-order valence-corrected chi connectivity index (χ4v) is 2.35. The molecule has 0 aromatic carbocycles. The lowest BCUT2D eigenvalue weighted by Gasteiger charge is -2.11. The molecule has 7 heteroatoms. The smallest absolute Gasteiger partial charge is 0.236 e. The van der Waals surface area contributed by atoms with Gasteiger partial charge in [0, 0.05) is 12.4 Å². The SMILES string of the molecule is CCSc1cc(C(F)(F)F)cnc1-n1cc(C)cn1. The second kappa shape index (κ2) is 5.24. The second-order valence-electron chi connectivity index (χ2n) is 3.94. The molecule has 0 N–H and O–H groups in total. The summed E-state index contributed by atoms with van der Waals surface area (Å²) < 4.78 is 39.5. The van der Waals surface area contributed by atoms with E-state index in [1.54, 1.807) is 12.4 Å². The molecule has 0 fully saturated rings. The first-order chi connectivity index (χ1) is 8.91. The number of aryl methyl sites for hydroxylation is 1. The minimum atomic E-state index is -4.38. The van der Waals surface area contributed by atoms with Crippen molar-refractivity contribution in [3.05, 3.63) is 35.8 Å². The molecule has 0 atom stereocenters. The van der Waals surface area contributed by atoms with Gasteiger partial charge in [-0.2, -0.15) is 18.3 Å². The Morgan fingerprint density at radius 2 is 2.05 bits per heavy atom. The Hall–Kier alpha value is -1.50. The lowest BCUT2D eigenvalue weighted by atomic mass is 10.3. The Bertz CT molecular complexity index is 578. The molecule has 0 unspecified atom stereocenters. The molecule has 0 saturated carbocycles. The van der Waals surface area contributed by atoms with Crippen LogP contribution < -0.4 is 0 Å². The van der Waals surface area contributed by atoms with Crippen LogP contribution in [-0.4, -0.2) is 20.5 Å². The van der Waals surface area contributed by atoms with E-state index < -0.39 is 11.7 Å². The number of nitrogens with zero attached hydrogens (tertiary/aromatic N) is 3. The molecule has 0 aliphatic heterocycles. The average molecular weight is 287 g/mol. The third-order valence-electron chi connectivity index (χ3n) is 2.39. The molecule has 0 aliphatic carbocycles.